The van der Waals surface area contributed by atoms with Gasteiger partial charge in [-0.25, -0.2) is 0 Å². The van der Waals surface area contributed by atoms with Crippen molar-refractivity contribution in [3.8, 4) is 0 Å². The van der Waals surface area contributed by atoms with Gasteiger partial charge >= 0.3 is 294 Å². The maximum atomic E-state index is 15.1. The fraction of sp³-hybridized carbons (Fsp3) is 0.846. The third-order valence-corrected chi connectivity index (χ3v) is 35.0. The molecule has 0 aliphatic rings. The van der Waals surface area contributed by atoms with Crippen LogP contribution in [-0.2, 0) is 47.8 Å². The molecule has 0 heterocycles. The first-order valence-corrected chi connectivity index (χ1v) is 30.9. The van der Waals surface area contributed by atoms with Crippen LogP contribution in [0, 0.1) is 0 Å². The zero-order chi connectivity index (χ0) is 39.3. The summed E-state index contributed by atoms with van der Waals surface area (Å²) in [5, 5.41) is 1.67. The smallest absolute Gasteiger partial charge is 0.0654 e. The van der Waals surface area contributed by atoms with E-state index in [0.29, 0.717) is 41.9 Å². The Morgan fingerprint density at radius 1 is 0.442 bits per heavy atom. The third kappa shape index (κ3) is 20.4. The molecular formula is C39H76O9S3Ti. The number of hydrogen-bond acceptors (Lipinski definition) is 9. The Balaban J connectivity index is 6.12. The van der Waals surface area contributed by atoms with Crippen molar-refractivity contribution >= 4 is 25.0 Å². The van der Waals surface area contributed by atoms with Crippen molar-refractivity contribution in [2.45, 2.75) is 214 Å². The Labute approximate surface area is 319 Å². The third-order valence-electron chi connectivity index (χ3n) is 9.10. The monoisotopic (exact) mass is 832 g/mol. The minimum absolute atomic E-state index is 0.276. The first-order chi connectivity index (χ1) is 24.6. The van der Waals surface area contributed by atoms with Gasteiger partial charge in [-0.2, -0.15) is 0 Å². The first-order valence-electron chi connectivity index (χ1n) is 20.6. The van der Waals surface area contributed by atoms with Crippen molar-refractivity contribution in [2.75, 3.05) is 0 Å². The molecule has 0 atom stereocenters. The van der Waals surface area contributed by atoms with E-state index < -0.39 is 44.5 Å². The number of unbranched alkanes of at least 4 members (excludes halogenated alkanes) is 24. The minimum Gasteiger partial charge on any atom is -0.0654 e. The molecule has 0 radical (unpaired) electrons. The molecule has 0 spiro atoms. The predicted molar refractivity (Wildman–Crippen MR) is 214 cm³/mol. The second kappa shape index (κ2) is 28.8. The van der Waals surface area contributed by atoms with Crippen LogP contribution in [0.25, 0.3) is 0 Å². The number of rotatable bonds is 36. The second-order valence-corrected chi connectivity index (χ2v) is 34.7. The molecule has 308 valence electrons. The van der Waals surface area contributed by atoms with E-state index in [4.69, 9.17) is 6.08 Å². The maximum absolute atomic E-state index is 15.1. The molecule has 0 aliphatic carbocycles. The van der Waals surface area contributed by atoms with E-state index in [9.17, 15) is 25.3 Å². The Bertz CT molecular complexity index is 1330. The molecule has 52 heavy (non-hydrogen) atoms. The molecule has 0 bridgehead atoms. The normalized spacial score (nSPS) is 13.8. The van der Waals surface area contributed by atoms with Gasteiger partial charge in [0.1, 0.15) is 0 Å². The zero-order valence-electron chi connectivity index (χ0n) is 33.5. The molecule has 0 fully saturated rings. The summed E-state index contributed by atoms with van der Waals surface area (Å²) in [5.74, 6) is 0. The standard InChI is InChI=1S/C12H24O3S.2C12H23O2S.C3H7O.O.Ti/c1-2-3-4-5-6-7-8-9-10-11-12-16(13,14)15;2*1-2-3-4-5-6-7-8-9-10-11-12-15(13)14;1-3(2)4;;/h11-12H,2-10H2,1H3,(H,13,14,15);2*11-12H,2-10H2,1H3;3H,1-2H3;;/q;;;-1;;+2/p-1. The summed E-state index contributed by atoms with van der Waals surface area (Å²) < 4.78 is 108. The quantitative estimate of drug-likeness (QED) is 0.0446. The predicted octanol–water partition coefficient (Wildman–Crippen LogP) is 12.4. The average molecular weight is 833 g/mol. The van der Waals surface area contributed by atoms with Crippen molar-refractivity contribution in [3.05, 3.63) is 34.5 Å². The Kier molecular flexibility index (Phi) is 28.6. The van der Waals surface area contributed by atoms with Crippen molar-refractivity contribution in [2.24, 2.45) is 0 Å². The van der Waals surface area contributed by atoms with Crippen LogP contribution in [-0.4, -0.2) is 31.4 Å². The van der Waals surface area contributed by atoms with E-state index in [1.165, 1.54) is 77.0 Å². The average Bonchev–Trinajstić information content (AvgIpc) is 3.06. The zero-order valence-corrected chi connectivity index (χ0v) is 37.5. The van der Waals surface area contributed by atoms with E-state index in [1.807, 2.05) is 0 Å². The Morgan fingerprint density at radius 2 is 0.712 bits per heavy atom. The van der Waals surface area contributed by atoms with Crippen LogP contribution in [0.3, 0.4) is 0 Å². The minimum atomic E-state index is -8.37. The topological polar surface area (TPSA) is 138 Å². The molecule has 0 saturated carbocycles. The van der Waals surface area contributed by atoms with Gasteiger partial charge in [-0.05, 0) is 0 Å². The van der Waals surface area contributed by atoms with Crippen molar-refractivity contribution < 1.29 is 48.1 Å². The molecular weight excluding hydrogens is 756 g/mol. The van der Waals surface area contributed by atoms with Gasteiger partial charge in [0, 0.05) is 0 Å². The molecule has 0 aromatic rings. The van der Waals surface area contributed by atoms with Gasteiger partial charge < -0.3 is 0 Å². The molecule has 0 aromatic heterocycles. The van der Waals surface area contributed by atoms with Gasteiger partial charge in [-0.15, -0.1) is 0 Å². The molecule has 0 aliphatic heterocycles. The molecule has 9 nitrogen and oxygen atoms in total. The van der Waals surface area contributed by atoms with E-state index in [-0.39, 0.29) is 12.8 Å². The van der Waals surface area contributed by atoms with Gasteiger partial charge in [0.25, 0.3) is 0 Å². The molecule has 0 aromatic carbocycles. The Hall–Kier alpha value is -0.496. The first kappa shape index (κ1) is 51.5. The van der Waals surface area contributed by atoms with Crippen molar-refractivity contribution in [1.82, 2.24) is 0 Å². The fourth-order valence-electron chi connectivity index (χ4n) is 6.00. The van der Waals surface area contributed by atoms with Crippen LogP contribution in [0.4, 0.5) is 0 Å². The van der Waals surface area contributed by atoms with Crippen LogP contribution in [0.5, 0.6) is 0 Å². The van der Waals surface area contributed by atoms with E-state index in [0.717, 1.165) is 89.9 Å². The van der Waals surface area contributed by atoms with Crippen LogP contribution in [0.15, 0.2) is 34.5 Å². The molecule has 13 heteroatoms. The summed E-state index contributed by atoms with van der Waals surface area (Å²) in [6.07, 6.45) is 28.3. The summed E-state index contributed by atoms with van der Waals surface area (Å²) in [6.45, 7) is 9.08. The molecule has 0 rings (SSSR count). The van der Waals surface area contributed by atoms with Gasteiger partial charge in [-0.3, -0.25) is 0 Å². The van der Waals surface area contributed by atoms with E-state index >= 15 is 3.32 Å². The molecule has 0 amide bonds. The van der Waals surface area contributed by atoms with Gasteiger partial charge in [0.15, 0.2) is 0 Å². The summed E-state index contributed by atoms with van der Waals surface area (Å²) in [5.41, 5.74) is 0. The number of hydrogen-bond donors (Lipinski definition) is 0. The Morgan fingerprint density at radius 3 is 1.00 bits per heavy atom. The molecule has 0 unspecified atom stereocenters. The SMILES string of the molecule is CCCCCCCCCCC=CS(=O)(=O)[O][Ti](=[O])([O]C(C)C)([S](=O)(=O)C=CCCCCCCCCCC)[S](=O)(=O)C=CCCCCCCCCCC. The van der Waals surface area contributed by atoms with Crippen LogP contribution < -0.4 is 0 Å². The van der Waals surface area contributed by atoms with Crippen LogP contribution in [0.2, 0.25) is 0 Å². The second-order valence-electron chi connectivity index (χ2n) is 14.6. The summed E-state index contributed by atoms with van der Waals surface area (Å²) in [7, 11) is -15.9. The van der Waals surface area contributed by atoms with Crippen LogP contribution >= 0.6 is 0 Å². The summed E-state index contributed by atoms with van der Waals surface area (Å²) in [4.78, 5) is 0. The van der Waals surface area contributed by atoms with Gasteiger partial charge in [0.2, 0.25) is 0 Å². The van der Waals surface area contributed by atoms with Gasteiger partial charge in [0.05, 0.1) is 0 Å². The van der Waals surface area contributed by atoms with E-state index in [2.05, 4.69) is 20.8 Å². The number of allylic oxidation sites excluding steroid dienone is 3. The fourth-order valence-corrected chi connectivity index (χ4v) is 30.6. The van der Waals surface area contributed by atoms with E-state index in [1.54, 1.807) is 0 Å². The van der Waals surface area contributed by atoms with Crippen LogP contribution in [0.1, 0.15) is 208 Å². The summed E-state index contributed by atoms with van der Waals surface area (Å²) >= 11 is -8.37. The molecule has 0 N–H and O–H groups in total. The summed E-state index contributed by atoms with van der Waals surface area (Å²) in [6, 6.07) is 0. The van der Waals surface area contributed by atoms with Crippen molar-refractivity contribution in [3.63, 3.8) is 0 Å². The van der Waals surface area contributed by atoms with Crippen molar-refractivity contribution in [1.29, 1.82) is 0 Å². The molecule has 0 saturated heterocycles. The van der Waals surface area contributed by atoms with Gasteiger partial charge in [-0.1, -0.05) is 27.2 Å².